The summed E-state index contributed by atoms with van der Waals surface area (Å²) in [6, 6.07) is 9.35. The van der Waals surface area contributed by atoms with Crippen molar-refractivity contribution in [2.24, 2.45) is 11.7 Å². The Kier molecular flexibility index (Phi) is 5.14. The molecule has 7 nitrogen and oxygen atoms in total. The first-order valence-corrected chi connectivity index (χ1v) is 8.20. The van der Waals surface area contributed by atoms with Gasteiger partial charge in [-0.05, 0) is 23.9 Å². The molecule has 0 radical (unpaired) electrons. The van der Waals surface area contributed by atoms with Crippen LogP contribution in [0.15, 0.2) is 30.3 Å². The fourth-order valence-electron chi connectivity index (χ4n) is 2.95. The lowest BCUT2D eigenvalue weighted by molar-refractivity contribution is -0.121. The number of carbonyl (C=O) groups is 2. The predicted molar refractivity (Wildman–Crippen MR) is 92.3 cm³/mol. The van der Waals surface area contributed by atoms with Gasteiger partial charge in [-0.3, -0.25) is 9.59 Å². The van der Waals surface area contributed by atoms with Gasteiger partial charge in [0, 0.05) is 25.6 Å². The van der Waals surface area contributed by atoms with E-state index in [2.05, 4.69) is 4.98 Å². The van der Waals surface area contributed by atoms with E-state index in [0.717, 1.165) is 10.8 Å². The molecule has 2 aromatic rings. The third-order valence-electron chi connectivity index (χ3n) is 4.33. The van der Waals surface area contributed by atoms with Gasteiger partial charge in [0.1, 0.15) is 12.3 Å². The zero-order chi connectivity index (χ0) is 17.8. The number of hydrogen-bond donors (Lipinski definition) is 1. The Hall–Kier alpha value is -2.67. The Bertz CT molecular complexity index is 793. The second-order valence-corrected chi connectivity index (χ2v) is 6.01. The highest BCUT2D eigenvalue weighted by molar-refractivity contribution is 5.98. The molecule has 132 valence electrons. The summed E-state index contributed by atoms with van der Waals surface area (Å²) in [7, 11) is 1.59. The van der Waals surface area contributed by atoms with Crippen LogP contribution in [0.1, 0.15) is 16.9 Å². The van der Waals surface area contributed by atoms with Gasteiger partial charge < -0.3 is 20.1 Å². The Morgan fingerprint density at radius 3 is 2.84 bits per heavy atom. The van der Waals surface area contributed by atoms with Gasteiger partial charge in [0.25, 0.3) is 5.91 Å². The van der Waals surface area contributed by atoms with Crippen molar-refractivity contribution in [1.82, 2.24) is 9.88 Å². The van der Waals surface area contributed by atoms with Crippen molar-refractivity contribution in [3.63, 3.8) is 0 Å². The summed E-state index contributed by atoms with van der Waals surface area (Å²) in [6.45, 7) is 1.61. The van der Waals surface area contributed by atoms with E-state index in [-0.39, 0.29) is 17.7 Å². The van der Waals surface area contributed by atoms with Crippen molar-refractivity contribution in [3.05, 3.63) is 36.0 Å². The largest absolute Gasteiger partial charge is 0.475 e. The summed E-state index contributed by atoms with van der Waals surface area (Å²) in [5, 5.41) is 1.71. The molecular formula is C18H21N3O4. The molecule has 1 aromatic heterocycles. The summed E-state index contributed by atoms with van der Waals surface area (Å²) >= 11 is 0. The lowest BCUT2D eigenvalue weighted by Crippen LogP contribution is -2.32. The molecule has 1 fully saturated rings. The van der Waals surface area contributed by atoms with Gasteiger partial charge in [0.05, 0.1) is 12.5 Å². The van der Waals surface area contributed by atoms with Gasteiger partial charge in [0.15, 0.2) is 0 Å². The average molecular weight is 343 g/mol. The number of rotatable bonds is 6. The van der Waals surface area contributed by atoms with Crippen molar-refractivity contribution >= 4 is 22.6 Å². The quantitative estimate of drug-likeness (QED) is 0.796. The van der Waals surface area contributed by atoms with Crippen LogP contribution in [0.5, 0.6) is 5.88 Å². The van der Waals surface area contributed by atoms with E-state index < -0.39 is 0 Å². The Morgan fingerprint density at radius 1 is 1.32 bits per heavy atom. The fraction of sp³-hybridized carbons (Fsp3) is 0.389. The van der Waals surface area contributed by atoms with Crippen LogP contribution in [-0.2, 0) is 9.53 Å². The van der Waals surface area contributed by atoms with Crippen molar-refractivity contribution in [3.8, 4) is 5.88 Å². The van der Waals surface area contributed by atoms with E-state index in [1.165, 1.54) is 0 Å². The molecule has 0 spiro atoms. The number of nitrogens with two attached hydrogens (primary N) is 1. The summed E-state index contributed by atoms with van der Waals surface area (Å²) < 4.78 is 10.7. The number of amides is 2. The van der Waals surface area contributed by atoms with Crippen LogP contribution in [0, 0.1) is 5.92 Å². The third kappa shape index (κ3) is 3.71. The van der Waals surface area contributed by atoms with Crippen LogP contribution in [0.4, 0.5) is 0 Å². The standard InChI is InChI=1S/C18H21N3O4/c1-24-8-9-25-17-14-5-3-2-4-12(14)10-15(20-17)18(23)21-7-6-13(11-21)16(19)22/h2-5,10,13H,6-9,11H2,1H3,(H2,19,22). The smallest absolute Gasteiger partial charge is 0.272 e. The van der Waals surface area contributed by atoms with Gasteiger partial charge in [-0.15, -0.1) is 0 Å². The van der Waals surface area contributed by atoms with Crippen LogP contribution in [-0.4, -0.2) is 55.1 Å². The summed E-state index contributed by atoms with van der Waals surface area (Å²) in [5.41, 5.74) is 5.64. The van der Waals surface area contributed by atoms with Crippen LogP contribution < -0.4 is 10.5 Å². The SMILES string of the molecule is COCCOc1nc(C(=O)N2CCC(C(N)=O)C2)cc2ccccc12. The Morgan fingerprint density at radius 2 is 2.12 bits per heavy atom. The molecule has 2 heterocycles. The minimum atomic E-state index is -0.370. The molecule has 2 N–H and O–H groups in total. The van der Waals surface area contributed by atoms with Gasteiger partial charge in [-0.1, -0.05) is 18.2 Å². The molecule has 1 saturated heterocycles. The Labute approximate surface area is 145 Å². The maximum absolute atomic E-state index is 12.8. The summed E-state index contributed by atoms with van der Waals surface area (Å²) in [5.74, 6) is -0.470. The minimum Gasteiger partial charge on any atom is -0.475 e. The third-order valence-corrected chi connectivity index (χ3v) is 4.33. The molecular weight excluding hydrogens is 322 g/mol. The van der Waals surface area contributed by atoms with Crippen LogP contribution >= 0.6 is 0 Å². The first-order valence-electron chi connectivity index (χ1n) is 8.20. The number of benzene rings is 1. The first kappa shape index (κ1) is 17.2. The number of primary amides is 1. The molecule has 7 heteroatoms. The molecule has 1 unspecified atom stereocenters. The van der Waals surface area contributed by atoms with E-state index in [9.17, 15) is 9.59 Å². The molecule has 1 atom stereocenters. The molecule has 0 bridgehead atoms. The van der Waals surface area contributed by atoms with Gasteiger partial charge in [0.2, 0.25) is 11.8 Å². The second kappa shape index (κ2) is 7.48. The van der Waals surface area contributed by atoms with Crippen LogP contribution in [0.3, 0.4) is 0 Å². The van der Waals surface area contributed by atoms with E-state index in [0.29, 0.717) is 44.3 Å². The summed E-state index contributed by atoms with van der Waals surface area (Å²) in [4.78, 5) is 30.1. The number of methoxy groups -OCH3 is 1. The average Bonchev–Trinajstić information content (AvgIpc) is 3.11. The second-order valence-electron chi connectivity index (χ2n) is 6.01. The number of ether oxygens (including phenoxy) is 2. The van der Waals surface area contributed by atoms with E-state index in [1.54, 1.807) is 18.1 Å². The highest BCUT2D eigenvalue weighted by Crippen LogP contribution is 2.26. The minimum absolute atomic E-state index is 0.217. The number of carbonyl (C=O) groups excluding carboxylic acids is 2. The maximum atomic E-state index is 12.8. The van der Waals surface area contributed by atoms with Crippen molar-refractivity contribution in [1.29, 1.82) is 0 Å². The number of pyridine rings is 1. The van der Waals surface area contributed by atoms with Crippen LogP contribution in [0.25, 0.3) is 10.8 Å². The Balaban J connectivity index is 1.88. The fourth-order valence-corrected chi connectivity index (χ4v) is 2.95. The van der Waals surface area contributed by atoms with E-state index >= 15 is 0 Å². The number of nitrogens with zero attached hydrogens (tertiary/aromatic N) is 2. The number of fused-ring (bicyclic) bond motifs is 1. The maximum Gasteiger partial charge on any atom is 0.272 e. The van der Waals surface area contributed by atoms with Gasteiger partial charge in [-0.25, -0.2) is 4.98 Å². The highest BCUT2D eigenvalue weighted by atomic mass is 16.5. The van der Waals surface area contributed by atoms with Gasteiger partial charge >= 0.3 is 0 Å². The normalized spacial score (nSPS) is 17.0. The molecule has 1 aliphatic heterocycles. The molecule has 2 amide bonds. The van der Waals surface area contributed by atoms with Crippen molar-refractivity contribution in [2.45, 2.75) is 6.42 Å². The van der Waals surface area contributed by atoms with Crippen molar-refractivity contribution < 1.29 is 19.1 Å². The van der Waals surface area contributed by atoms with Crippen molar-refractivity contribution in [2.75, 3.05) is 33.4 Å². The number of hydrogen-bond acceptors (Lipinski definition) is 5. The molecule has 1 aromatic carbocycles. The molecule has 0 aliphatic carbocycles. The van der Waals surface area contributed by atoms with E-state index in [4.69, 9.17) is 15.2 Å². The molecule has 3 rings (SSSR count). The van der Waals surface area contributed by atoms with Gasteiger partial charge in [-0.2, -0.15) is 0 Å². The molecule has 1 aliphatic rings. The lowest BCUT2D eigenvalue weighted by atomic mass is 10.1. The topological polar surface area (TPSA) is 94.8 Å². The monoisotopic (exact) mass is 343 g/mol. The first-order chi connectivity index (χ1) is 12.1. The zero-order valence-electron chi connectivity index (χ0n) is 14.1. The lowest BCUT2D eigenvalue weighted by Gasteiger charge is -2.17. The predicted octanol–water partition coefficient (Wildman–Crippen LogP) is 1.21. The summed E-state index contributed by atoms with van der Waals surface area (Å²) in [6.07, 6.45) is 0.589. The number of likely N-dealkylation sites (tertiary alicyclic amines) is 1. The molecule has 0 saturated carbocycles. The zero-order valence-corrected chi connectivity index (χ0v) is 14.1. The molecule has 25 heavy (non-hydrogen) atoms. The van der Waals surface area contributed by atoms with Crippen LogP contribution in [0.2, 0.25) is 0 Å². The number of aromatic nitrogens is 1. The highest BCUT2D eigenvalue weighted by Gasteiger charge is 2.31. The van der Waals surface area contributed by atoms with E-state index in [1.807, 2.05) is 24.3 Å².